The largest absolute Gasteiger partial charge is 0.325 e. The normalized spacial score (nSPS) is 18.1. The van der Waals surface area contributed by atoms with Crippen LogP contribution in [0.2, 0.25) is 0 Å². The van der Waals surface area contributed by atoms with E-state index in [1.807, 2.05) is 39.0 Å². The van der Waals surface area contributed by atoms with Crippen LogP contribution in [0.25, 0.3) is 0 Å². The lowest BCUT2D eigenvalue weighted by molar-refractivity contribution is -0.117. The van der Waals surface area contributed by atoms with Gasteiger partial charge in [0.25, 0.3) is 0 Å². The molecule has 0 saturated carbocycles. The molecule has 0 fully saturated rings. The van der Waals surface area contributed by atoms with Gasteiger partial charge in [0.05, 0.1) is 17.0 Å². The SMILES string of the molecule is Cc1ccc(NC(=O)CN2C(C)(C)c3ccccc3S2(=O)=O)cc1. The van der Waals surface area contributed by atoms with E-state index >= 15 is 0 Å². The van der Waals surface area contributed by atoms with Crippen molar-refractivity contribution in [2.75, 3.05) is 11.9 Å². The van der Waals surface area contributed by atoms with E-state index in [9.17, 15) is 13.2 Å². The molecule has 0 aromatic heterocycles. The summed E-state index contributed by atoms with van der Waals surface area (Å²) in [5, 5.41) is 2.75. The Balaban J connectivity index is 1.85. The van der Waals surface area contributed by atoms with Gasteiger partial charge in [-0.3, -0.25) is 4.79 Å². The third-order valence-corrected chi connectivity index (χ3v) is 6.44. The summed E-state index contributed by atoms with van der Waals surface area (Å²) in [6, 6.07) is 14.3. The molecular weight excluding hydrogens is 324 g/mol. The van der Waals surface area contributed by atoms with Crippen molar-refractivity contribution in [2.24, 2.45) is 0 Å². The highest BCUT2D eigenvalue weighted by atomic mass is 32.2. The van der Waals surface area contributed by atoms with Gasteiger partial charge in [0.1, 0.15) is 0 Å². The van der Waals surface area contributed by atoms with Gasteiger partial charge in [-0.1, -0.05) is 35.9 Å². The van der Waals surface area contributed by atoms with Gasteiger partial charge < -0.3 is 5.32 Å². The molecule has 1 heterocycles. The first-order chi connectivity index (χ1) is 11.2. The Hall–Kier alpha value is -2.18. The average molecular weight is 344 g/mol. The van der Waals surface area contributed by atoms with Crippen molar-refractivity contribution < 1.29 is 13.2 Å². The maximum Gasteiger partial charge on any atom is 0.244 e. The minimum Gasteiger partial charge on any atom is -0.325 e. The Morgan fingerprint density at radius 2 is 1.71 bits per heavy atom. The molecule has 0 spiro atoms. The minimum atomic E-state index is -3.68. The molecule has 24 heavy (non-hydrogen) atoms. The smallest absolute Gasteiger partial charge is 0.244 e. The first-order valence-corrected chi connectivity index (χ1v) is 9.16. The number of nitrogens with zero attached hydrogens (tertiary/aromatic N) is 1. The maximum atomic E-state index is 12.8. The molecule has 3 rings (SSSR count). The summed E-state index contributed by atoms with van der Waals surface area (Å²) in [4.78, 5) is 12.6. The van der Waals surface area contributed by atoms with E-state index in [-0.39, 0.29) is 17.3 Å². The fourth-order valence-electron chi connectivity index (χ4n) is 3.00. The van der Waals surface area contributed by atoms with Crippen LogP contribution in [0.1, 0.15) is 25.0 Å². The molecule has 1 amide bonds. The zero-order valence-corrected chi connectivity index (χ0v) is 14.7. The van der Waals surface area contributed by atoms with E-state index in [1.54, 1.807) is 30.3 Å². The lowest BCUT2D eigenvalue weighted by atomic mass is 9.94. The fourth-order valence-corrected chi connectivity index (χ4v) is 5.07. The van der Waals surface area contributed by atoms with Crippen LogP contribution in [0.15, 0.2) is 53.4 Å². The number of benzene rings is 2. The number of aryl methyl sites for hydroxylation is 1. The van der Waals surface area contributed by atoms with Crippen LogP contribution >= 0.6 is 0 Å². The van der Waals surface area contributed by atoms with Crippen LogP contribution in [0, 0.1) is 6.92 Å². The third-order valence-electron chi connectivity index (χ3n) is 4.36. The Bertz CT molecular complexity index is 887. The number of anilines is 1. The van der Waals surface area contributed by atoms with Crippen LogP contribution in [-0.4, -0.2) is 25.2 Å². The molecule has 0 unspecified atom stereocenters. The standard InChI is InChI=1S/C18H20N2O3S/c1-13-8-10-14(11-9-13)19-17(21)12-20-18(2,3)15-6-4-5-7-16(15)24(20,22)23/h4-11H,12H2,1-3H3,(H,19,21). The van der Waals surface area contributed by atoms with E-state index < -0.39 is 15.6 Å². The molecule has 0 atom stereocenters. The van der Waals surface area contributed by atoms with Crippen LogP contribution in [0.5, 0.6) is 0 Å². The van der Waals surface area contributed by atoms with Gasteiger partial charge in [-0.2, -0.15) is 4.31 Å². The molecular formula is C18H20N2O3S. The third kappa shape index (κ3) is 2.72. The quantitative estimate of drug-likeness (QED) is 0.931. The molecule has 0 bridgehead atoms. The number of nitrogens with one attached hydrogen (secondary N) is 1. The summed E-state index contributed by atoms with van der Waals surface area (Å²) in [7, 11) is -3.68. The number of rotatable bonds is 3. The molecule has 5 nitrogen and oxygen atoms in total. The van der Waals surface area contributed by atoms with Crippen molar-refractivity contribution in [1.29, 1.82) is 0 Å². The number of sulfonamides is 1. The molecule has 0 aliphatic carbocycles. The Labute approximate surface area is 142 Å². The monoisotopic (exact) mass is 344 g/mol. The summed E-state index contributed by atoms with van der Waals surface area (Å²) in [6.07, 6.45) is 0. The number of amides is 1. The van der Waals surface area contributed by atoms with Crippen LogP contribution in [0.3, 0.4) is 0 Å². The molecule has 0 saturated heterocycles. The molecule has 1 aliphatic heterocycles. The number of hydrogen-bond acceptors (Lipinski definition) is 3. The first-order valence-electron chi connectivity index (χ1n) is 7.72. The van der Waals surface area contributed by atoms with Crippen molar-refractivity contribution in [2.45, 2.75) is 31.2 Å². The second kappa shape index (κ2) is 5.72. The zero-order chi connectivity index (χ0) is 17.5. The van der Waals surface area contributed by atoms with Crippen molar-refractivity contribution >= 4 is 21.6 Å². The van der Waals surface area contributed by atoms with Gasteiger partial charge in [-0.15, -0.1) is 0 Å². The molecule has 1 aliphatic rings. The summed E-state index contributed by atoms with van der Waals surface area (Å²) in [5.41, 5.74) is 1.69. The average Bonchev–Trinajstić information content (AvgIpc) is 2.68. The summed E-state index contributed by atoms with van der Waals surface area (Å²) in [6.45, 7) is 5.37. The molecule has 2 aromatic rings. The van der Waals surface area contributed by atoms with E-state index in [0.29, 0.717) is 11.3 Å². The fraction of sp³-hybridized carbons (Fsp3) is 0.278. The van der Waals surface area contributed by atoms with Crippen LogP contribution in [-0.2, 0) is 20.4 Å². The summed E-state index contributed by atoms with van der Waals surface area (Å²) in [5.74, 6) is -0.358. The number of carbonyl (C=O) groups excluding carboxylic acids is 1. The number of hydrogen-bond donors (Lipinski definition) is 1. The van der Waals surface area contributed by atoms with Crippen LogP contribution < -0.4 is 5.32 Å². The second-order valence-corrected chi connectivity index (χ2v) is 8.31. The van der Waals surface area contributed by atoms with E-state index in [0.717, 1.165) is 5.56 Å². The van der Waals surface area contributed by atoms with Crippen molar-refractivity contribution in [3.8, 4) is 0 Å². The Morgan fingerprint density at radius 3 is 2.33 bits per heavy atom. The zero-order valence-electron chi connectivity index (χ0n) is 13.9. The minimum absolute atomic E-state index is 0.224. The van der Waals surface area contributed by atoms with Crippen molar-refractivity contribution in [3.63, 3.8) is 0 Å². The summed E-state index contributed by atoms with van der Waals surface area (Å²) >= 11 is 0. The van der Waals surface area contributed by atoms with Crippen molar-refractivity contribution in [3.05, 3.63) is 59.7 Å². The lowest BCUT2D eigenvalue weighted by Gasteiger charge is -2.29. The second-order valence-electron chi connectivity index (χ2n) is 6.48. The van der Waals surface area contributed by atoms with Gasteiger partial charge in [-0.25, -0.2) is 8.42 Å². The highest BCUT2D eigenvalue weighted by Crippen LogP contribution is 2.43. The van der Waals surface area contributed by atoms with Gasteiger partial charge in [-0.05, 0) is 44.5 Å². The topological polar surface area (TPSA) is 66.5 Å². The van der Waals surface area contributed by atoms with Gasteiger partial charge >= 0.3 is 0 Å². The van der Waals surface area contributed by atoms with Gasteiger partial charge in [0, 0.05) is 5.69 Å². The first kappa shape index (κ1) is 16.7. The van der Waals surface area contributed by atoms with Gasteiger partial charge in [0.2, 0.25) is 15.9 Å². The highest BCUT2D eigenvalue weighted by Gasteiger charge is 2.48. The molecule has 6 heteroatoms. The Kier molecular flexibility index (Phi) is 3.97. The number of fused-ring (bicyclic) bond motifs is 1. The predicted molar refractivity (Wildman–Crippen MR) is 93.2 cm³/mol. The van der Waals surface area contributed by atoms with E-state index in [4.69, 9.17) is 0 Å². The molecule has 126 valence electrons. The molecule has 1 N–H and O–H groups in total. The number of carbonyl (C=O) groups is 1. The summed E-state index contributed by atoms with van der Waals surface area (Å²) < 4.78 is 26.8. The highest BCUT2D eigenvalue weighted by molar-refractivity contribution is 7.89. The maximum absolute atomic E-state index is 12.8. The molecule has 0 radical (unpaired) electrons. The van der Waals surface area contributed by atoms with Crippen LogP contribution in [0.4, 0.5) is 5.69 Å². The van der Waals surface area contributed by atoms with E-state index in [1.165, 1.54) is 4.31 Å². The van der Waals surface area contributed by atoms with Gasteiger partial charge in [0.15, 0.2) is 0 Å². The predicted octanol–water partition coefficient (Wildman–Crippen LogP) is 2.87. The Morgan fingerprint density at radius 1 is 1.08 bits per heavy atom. The lowest BCUT2D eigenvalue weighted by Crippen LogP contribution is -2.43. The molecule has 2 aromatic carbocycles. The van der Waals surface area contributed by atoms with Crippen molar-refractivity contribution in [1.82, 2.24) is 4.31 Å². The van der Waals surface area contributed by atoms with E-state index in [2.05, 4.69) is 5.32 Å².